The van der Waals surface area contributed by atoms with Gasteiger partial charge in [-0.15, -0.1) is 0 Å². The van der Waals surface area contributed by atoms with E-state index >= 15 is 0 Å². The monoisotopic (exact) mass is 479 g/mol. The summed E-state index contributed by atoms with van der Waals surface area (Å²) in [6.07, 6.45) is 0. The van der Waals surface area contributed by atoms with Gasteiger partial charge >= 0.3 is 0 Å². The van der Waals surface area contributed by atoms with Gasteiger partial charge in [0.2, 0.25) is 5.91 Å². The first-order valence-corrected chi connectivity index (χ1v) is 12.2. The molecule has 4 rings (SSSR count). The molecular weight excluding hydrogens is 454 g/mol. The van der Waals surface area contributed by atoms with Crippen LogP contribution >= 0.6 is 11.8 Å². The van der Waals surface area contributed by atoms with Crippen molar-refractivity contribution in [3.63, 3.8) is 0 Å². The van der Waals surface area contributed by atoms with Gasteiger partial charge in [-0.1, -0.05) is 60.3 Å². The van der Waals surface area contributed by atoms with Crippen LogP contribution in [-0.2, 0) is 4.79 Å². The van der Waals surface area contributed by atoms with Crippen molar-refractivity contribution in [1.82, 2.24) is 4.98 Å². The summed E-state index contributed by atoms with van der Waals surface area (Å²) in [5.41, 5.74) is 4.51. The van der Waals surface area contributed by atoms with Crippen molar-refractivity contribution < 1.29 is 9.53 Å². The molecule has 0 aliphatic heterocycles. The number of nitrogens with one attached hydrogen (secondary N) is 1. The van der Waals surface area contributed by atoms with Crippen LogP contribution < -0.4 is 10.1 Å². The van der Waals surface area contributed by atoms with Crippen LogP contribution in [0.3, 0.4) is 0 Å². The minimum absolute atomic E-state index is 0.153. The van der Waals surface area contributed by atoms with Crippen molar-refractivity contribution in [1.29, 1.82) is 5.26 Å². The maximum absolute atomic E-state index is 12.9. The van der Waals surface area contributed by atoms with Gasteiger partial charge in [-0.2, -0.15) is 5.26 Å². The molecule has 0 aliphatic rings. The lowest BCUT2D eigenvalue weighted by molar-refractivity contribution is -0.115. The number of carbonyl (C=O) groups excluding carboxylic acids is 1. The second-order valence-electron chi connectivity index (χ2n) is 7.79. The normalized spacial score (nSPS) is 11.3. The summed E-state index contributed by atoms with van der Waals surface area (Å²) in [6.45, 7) is 4.36. The molecule has 3 aromatic carbocycles. The average molecular weight is 480 g/mol. The summed E-state index contributed by atoms with van der Waals surface area (Å²) in [5, 5.41) is 13.1. The Morgan fingerprint density at radius 2 is 1.66 bits per heavy atom. The first kappa shape index (κ1) is 24.1. The largest absolute Gasteiger partial charge is 0.494 e. The summed E-state index contributed by atoms with van der Waals surface area (Å²) < 4.78 is 5.57. The van der Waals surface area contributed by atoms with Crippen molar-refractivity contribution in [2.45, 2.75) is 24.1 Å². The van der Waals surface area contributed by atoms with Gasteiger partial charge < -0.3 is 10.1 Å². The molecule has 174 valence electrons. The highest BCUT2D eigenvalue weighted by Gasteiger charge is 2.21. The fraction of sp³-hybridized carbons (Fsp3) is 0.138. The number of nitrogens with zero attached hydrogens (tertiary/aromatic N) is 2. The number of para-hydroxylation sites is 1. The Hall–Kier alpha value is -4.08. The molecule has 0 spiro atoms. The number of aromatic nitrogens is 1. The average Bonchev–Trinajstić information content (AvgIpc) is 2.90. The Morgan fingerprint density at radius 1 is 1.00 bits per heavy atom. The van der Waals surface area contributed by atoms with Crippen molar-refractivity contribution in [2.24, 2.45) is 0 Å². The third-order valence-corrected chi connectivity index (χ3v) is 6.43. The van der Waals surface area contributed by atoms with E-state index in [1.54, 1.807) is 0 Å². The molecular formula is C29H25N3O2S. The lowest BCUT2D eigenvalue weighted by Gasteiger charge is -2.16. The molecule has 5 nitrogen and oxygen atoms in total. The summed E-state index contributed by atoms with van der Waals surface area (Å²) in [4.78, 5) is 17.7. The van der Waals surface area contributed by atoms with Crippen LogP contribution in [0.4, 0.5) is 5.69 Å². The number of carbonyl (C=O) groups is 1. The van der Waals surface area contributed by atoms with Gasteiger partial charge in [0, 0.05) is 16.8 Å². The fourth-order valence-electron chi connectivity index (χ4n) is 3.58. The smallest absolute Gasteiger partial charge is 0.237 e. The maximum atomic E-state index is 12.9. The molecule has 1 aromatic heterocycles. The lowest BCUT2D eigenvalue weighted by Crippen LogP contribution is -2.22. The molecule has 4 aromatic rings. The van der Waals surface area contributed by atoms with Gasteiger partial charge in [0.15, 0.2) is 0 Å². The molecule has 0 saturated heterocycles. The number of ether oxygens (including phenoxy) is 1. The minimum atomic E-state index is -0.464. The van der Waals surface area contributed by atoms with E-state index in [1.165, 1.54) is 11.8 Å². The van der Waals surface area contributed by atoms with Gasteiger partial charge in [0.25, 0.3) is 0 Å². The Labute approximate surface area is 209 Å². The first-order chi connectivity index (χ1) is 17.1. The molecule has 0 aliphatic carbocycles. The van der Waals surface area contributed by atoms with Crippen LogP contribution in [-0.4, -0.2) is 22.7 Å². The number of hydrogen-bond donors (Lipinski definition) is 1. The van der Waals surface area contributed by atoms with Gasteiger partial charge in [0.05, 0.1) is 23.1 Å². The minimum Gasteiger partial charge on any atom is -0.494 e. The predicted molar refractivity (Wildman–Crippen MR) is 141 cm³/mol. The van der Waals surface area contributed by atoms with E-state index in [4.69, 9.17) is 9.72 Å². The molecule has 1 amide bonds. The van der Waals surface area contributed by atoms with Gasteiger partial charge in [0.1, 0.15) is 16.8 Å². The number of thioether (sulfide) groups is 1. The maximum Gasteiger partial charge on any atom is 0.237 e. The van der Waals surface area contributed by atoms with Crippen molar-refractivity contribution in [3.8, 4) is 34.2 Å². The van der Waals surface area contributed by atoms with E-state index in [0.717, 1.165) is 33.8 Å². The Balaban J connectivity index is 1.72. The van der Waals surface area contributed by atoms with Crippen LogP contribution in [0.1, 0.15) is 19.4 Å². The number of hydrogen-bond acceptors (Lipinski definition) is 5. The molecule has 0 saturated carbocycles. The van der Waals surface area contributed by atoms with E-state index in [1.807, 2.05) is 105 Å². The van der Waals surface area contributed by atoms with Crippen LogP contribution in [0.15, 0.2) is 96.0 Å². The Morgan fingerprint density at radius 3 is 2.29 bits per heavy atom. The third-order valence-electron chi connectivity index (χ3n) is 5.34. The van der Waals surface area contributed by atoms with Crippen molar-refractivity contribution in [3.05, 3.63) is 96.6 Å². The molecule has 1 heterocycles. The number of pyridine rings is 1. The van der Waals surface area contributed by atoms with Gasteiger partial charge in [-0.3, -0.25) is 4.79 Å². The SMILES string of the molecule is CCOc1ccc(-c2cc(-c3ccccc3)c(C#N)c(S[C@H](C)C(=O)Nc3ccccc3)n2)cc1. The van der Waals surface area contributed by atoms with Crippen LogP contribution in [0.5, 0.6) is 5.75 Å². The van der Waals surface area contributed by atoms with E-state index in [2.05, 4.69) is 11.4 Å². The lowest BCUT2D eigenvalue weighted by atomic mass is 9.99. The van der Waals surface area contributed by atoms with Gasteiger partial charge in [-0.05, 0) is 61.9 Å². The summed E-state index contributed by atoms with van der Waals surface area (Å²) in [7, 11) is 0. The first-order valence-electron chi connectivity index (χ1n) is 11.4. The van der Waals surface area contributed by atoms with Gasteiger partial charge in [-0.25, -0.2) is 4.98 Å². The summed E-state index contributed by atoms with van der Waals surface area (Å²) in [6, 6.07) is 31.1. The molecule has 1 atom stereocenters. The Kier molecular flexibility index (Phi) is 7.81. The predicted octanol–water partition coefficient (Wildman–Crippen LogP) is 6.81. The highest BCUT2D eigenvalue weighted by molar-refractivity contribution is 8.00. The molecule has 35 heavy (non-hydrogen) atoms. The molecule has 0 bridgehead atoms. The zero-order chi connectivity index (χ0) is 24.6. The second kappa shape index (κ2) is 11.4. The van der Waals surface area contributed by atoms with E-state index < -0.39 is 5.25 Å². The molecule has 0 unspecified atom stereocenters. The van der Waals surface area contributed by atoms with E-state index in [0.29, 0.717) is 17.2 Å². The van der Waals surface area contributed by atoms with E-state index in [9.17, 15) is 10.1 Å². The quantitative estimate of drug-likeness (QED) is 0.281. The fourth-order valence-corrected chi connectivity index (χ4v) is 4.51. The Bertz CT molecular complexity index is 1330. The number of anilines is 1. The second-order valence-corrected chi connectivity index (χ2v) is 9.12. The van der Waals surface area contributed by atoms with Crippen molar-refractivity contribution in [2.75, 3.05) is 11.9 Å². The van der Waals surface area contributed by atoms with Crippen LogP contribution in [0.25, 0.3) is 22.4 Å². The molecule has 6 heteroatoms. The number of nitriles is 1. The highest BCUT2D eigenvalue weighted by Crippen LogP contribution is 2.36. The molecule has 0 radical (unpaired) electrons. The topological polar surface area (TPSA) is 75.0 Å². The number of amides is 1. The molecule has 1 N–H and O–H groups in total. The van der Waals surface area contributed by atoms with Crippen LogP contribution in [0.2, 0.25) is 0 Å². The standard InChI is InChI=1S/C29H25N3O2S/c1-3-34-24-16-14-22(15-17-24)27-18-25(21-10-6-4-7-11-21)26(19-30)29(32-27)35-20(2)28(33)31-23-12-8-5-9-13-23/h4-18,20H,3H2,1-2H3,(H,31,33)/t20-/m1/s1. The summed E-state index contributed by atoms with van der Waals surface area (Å²) in [5.74, 6) is 0.633. The number of rotatable bonds is 8. The summed E-state index contributed by atoms with van der Waals surface area (Å²) >= 11 is 1.28. The number of benzene rings is 3. The van der Waals surface area contributed by atoms with E-state index in [-0.39, 0.29) is 5.91 Å². The van der Waals surface area contributed by atoms with Crippen molar-refractivity contribution >= 4 is 23.4 Å². The highest BCUT2D eigenvalue weighted by atomic mass is 32.2. The third kappa shape index (κ3) is 5.89. The zero-order valence-electron chi connectivity index (χ0n) is 19.6. The molecule has 0 fully saturated rings. The van der Waals surface area contributed by atoms with Crippen LogP contribution in [0, 0.1) is 11.3 Å². The zero-order valence-corrected chi connectivity index (χ0v) is 20.4.